The number of anilines is 1. The van der Waals surface area contributed by atoms with Crippen LogP contribution in [0.15, 0.2) is 24.3 Å². The van der Waals surface area contributed by atoms with Crippen LogP contribution < -0.4 is 16.0 Å². The van der Waals surface area contributed by atoms with E-state index in [-0.39, 0.29) is 24.6 Å². The van der Waals surface area contributed by atoms with Crippen LogP contribution in [0.1, 0.15) is 38.2 Å². The van der Waals surface area contributed by atoms with Crippen LogP contribution in [-0.2, 0) is 14.4 Å². The molecule has 1 aromatic carbocycles. The summed E-state index contributed by atoms with van der Waals surface area (Å²) in [5.74, 6) is -2.16. The zero-order valence-electron chi connectivity index (χ0n) is 14.7. The Balaban J connectivity index is 2.03. The first-order valence-corrected chi connectivity index (χ1v) is 8.61. The SMILES string of the molecule is CCC(NC(=O)CC1CCCN(c2ccc(C(=N)N)cc2)C1=O)C(=O)O. The molecule has 0 spiro atoms. The number of aliphatic carboxylic acids is 1. The van der Waals surface area contributed by atoms with E-state index in [1.165, 1.54) is 0 Å². The van der Waals surface area contributed by atoms with Crippen molar-refractivity contribution in [3.8, 4) is 0 Å². The van der Waals surface area contributed by atoms with Crippen molar-refractivity contribution in [3.63, 3.8) is 0 Å². The summed E-state index contributed by atoms with van der Waals surface area (Å²) in [6.07, 6.45) is 1.62. The lowest BCUT2D eigenvalue weighted by atomic mass is 9.92. The standard InChI is InChI=1S/C18H24N4O4/c1-2-14(18(25)26)21-15(23)10-12-4-3-9-22(17(12)24)13-7-5-11(6-8-13)16(19)20/h5-8,12,14H,2-4,9-10H2,1H3,(H3,19,20)(H,21,23)(H,25,26). The second-order valence-corrected chi connectivity index (χ2v) is 6.36. The van der Waals surface area contributed by atoms with E-state index in [1.54, 1.807) is 36.1 Å². The summed E-state index contributed by atoms with van der Waals surface area (Å²) in [6, 6.07) is 5.89. The maximum Gasteiger partial charge on any atom is 0.326 e. The van der Waals surface area contributed by atoms with E-state index in [4.69, 9.17) is 16.2 Å². The van der Waals surface area contributed by atoms with Crippen molar-refractivity contribution in [2.45, 2.75) is 38.6 Å². The van der Waals surface area contributed by atoms with Crippen LogP contribution in [0.3, 0.4) is 0 Å². The number of nitrogens with one attached hydrogen (secondary N) is 2. The van der Waals surface area contributed by atoms with E-state index in [0.29, 0.717) is 24.2 Å². The number of nitrogens with two attached hydrogens (primary N) is 1. The number of amides is 2. The van der Waals surface area contributed by atoms with Gasteiger partial charge in [0.05, 0.1) is 0 Å². The normalized spacial score (nSPS) is 18.3. The number of amidine groups is 1. The molecule has 8 nitrogen and oxygen atoms in total. The lowest BCUT2D eigenvalue weighted by Gasteiger charge is -2.32. The lowest BCUT2D eigenvalue weighted by Crippen LogP contribution is -2.45. The fraction of sp³-hybridized carbons (Fsp3) is 0.444. The average molecular weight is 360 g/mol. The first kappa shape index (κ1) is 19.4. The predicted octanol–water partition coefficient (Wildman–Crippen LogP) is 1.08. The van der Waals surface area contributed by atoms with Gasteiger partial charge in [0, 0.05) is 30.1 Å². The minimum Gasteiger partial charge on any atom is -0.480 e. The molecule has 140 valence electrons. The Hall–Kier alpha value is -2.90. The highest BCUT2D eigenvalue weighted by Gasteiger charge is 2.32. The third kappa shape index (κ3) is 4.59. The monoisotopic (exact) mass is 360 g/mol. The quantitative estimate of drug-likeness (QED) is 0.426. The van der Waals surface area contributed by atoms with Gasteiger partial charge in [0.1, 0.15) is 11.9 Å². The van der Waals surface area contributed by atoms with Crippen LogP contribution in [-0.4, -0.2) is 41.3 Å². The Morgan fingerprint density at radius 2 is 2.04 bits per heavy atom. The maximum atomic E-state index is 12.7. The topological polar surface area (TPSA) is 137 Å². The number of carbonyl (C=O) groups is 3. The molecule has 1 fully saturated rings. The highest BCUT2D eigenvalue weighted by Crippen LogP contribution is 2.26. The van der Waals surface area contributed by atoms with Gasteiger partial charge in [0.15, 0.2) is 0 Å². The van der Waals surface area contributed by atoms with Crippen molar-refractivity contribution in [2.24, 2.45) is 11.7 Å². The molecule has 26 heavy (non-hydrogen) atoms. The molecule has 1 saturated heterocycles. The van der Waals surface area contributed by atoms with Crippen molar-refractivity contribution >= 4 is 29.3 Å². The summed E-state index contributed by atoms with van der Waals surface area (Å²) >= 11 is 0. The predicted molar refractivity (Wildman–Crippen MR) is 97.0 cm³/mol. The van der Waals surface area contributed by atoms with Crippen LogP contribution in [0, 0.1) is 11.3 Å². The molecule has 8 heteroatoms. The van der Waals surface area contributed by atoms with E-state index >= 15 is 0 Å². The smallest absolute Gasteiger partial charge is 0.326 e. The molecule has 1 aliphatic rings. The Labute approximate surface area is 151 Å². The molecule has 2 atom stereocenters. The molecule has 2 amide bonds. The van der Waals surface area contributed by atoms with Gasteiger partial charge in [-0.1, -0.05) is 6.92 Å². The van der Waals surface area contributed by atoms with E-state index in [2.05, 4.69) is 5.32 Å². The minimum absolute atomic E-state index is 0.0232. The number of benzene rings is 1. The first-order chi connectivity index (χ1) is 12.3. The molecule has 1 aliphatic heterocycles. The van der Waals surface area contributed by atoms with E-state index in [9.17, 15) is 14.4 Å². The highest BCUT2D eigenvalue weighted by atomic mass is 16.4. The Morgan fingerprint density at radius 3 is 2.58 bits per heavy atom. The number of carboxylic acids is 1. The summed E-state index contributed by atoms with van der Waals surface area (Å²) < 4.78 is 0. The van der Waals surface area contributed by atoms with Gasteiger partial charge in [0.2, 0.25) is 11.8 Å². The zero-order chi connectivity index (χ0) is 19.3. The largest absolute Gasteiger partial charge is 0.480 e. The molecule has 1 heterocycles. The number of nitrogens with zero attached hydrogens (tertiary/aromatic N) is 1. The van der Waals surface area contributed by atoms with Gasteiger partial charge in [-0.15, -0.1) is 0 Å². The van der Waals surface area contributed by atoms with Gasteiger partial charge in [-0.3, -0.25) is 15.0 Å². The van der Waals surface area contributed by atoms with Gasteiger partial charge < -0.3 is 21.1 Å². The fourth-order valence-electron chi connectivity index (χ4n) is 3.03. The molecule has 2 rings (SSSR count). The van der Waals surface area contributed by atoms with Crippen LogP contribution in [0.5, 0.6) is 0 Å². The molecule has 0 saturated carbocycles. The molecule has 2 unspecified atom stereocenters. The van der Waals surface area contributed by atoms with E-state index < -0.39 is 23.8 Å². The fourth-order valence-corrected chi connectivity index (χ4v) is 3.03. The van der Waals surface area contributed by atoms with Crippen LogP contribution in [0.2, 0.25) is 0 Å². The number of carbonyl (C=O) groups excluding carboxylic acids is 2. The van der Waals surface area contributed by atoms with Gasteiger partial charge >= 0.3 is 5.97 Å². The number of hydrogen-bond acceptors (Lipinski definition) is 4. The first-order valence-electron chi connectivity index (χ1n) is 8.61. The summed E-state index contributed by atoms with van der Waals surface area (Å²) in [7, 11) is 0. The van der Waals surface area contributed by atoms with E-state index in [1.807, 2.05) is 0 Å². The number of piperidine rings is 1. The summed E-state index contributed by atoms with van der Waals surface area (Å²) in [4.78, 5) is 37.5. The van der Waals surface area contributed by atoms with Gasteiger partial charge in [-0.05, 0) is 43.5 Å². The van der Waals surface area contributed by atoms with Crippen molar-refractivity contribution < 1.29 is 19.5 Å². The van der Waals surface area contributed by atoms with Crippen LogP contribution in [0.25, 0.3) is 0 Å². The second-order valence-electron chi connectivity index (χ2n) is 6.36. The molecule has 0 radical (unpaired) electrons. The third-order valence-corrected chi connectivity index (χ3v) is 4.51. The molecular formula is C18H24N4O4. The highest BCUT2D eigenvalue weighted by molar-refractivity contribution is 5.99. The molecule has 0 bridgehead atoms. The molecule has 0 aromatic heterocycles. The Morgan fingerprint density at radius 1 is 1.38 bits per heavy atom. The average Bonchev–Trinajstić information content (AvgIpc) is 2.61. The van der Waals surface area contributed by atoms with Gasteiger partial charge in [-0.2, -0.15) is 0 Å². The van der Waals surface area contributed by atoms with Gasteiger partial charge in [0.25, 0.3) is 0 Å². The van der Waals surface area contributed by atoms with Crippen molar-refractivity contribution in [1.82, 2.24) is 5.32 Å². The minimum atomic E-state index is -1.08. The second kappa shape index (κ2) is 8.46. The number of hydrogen-bond donors (Lipinski definition) is 4. The number of nitrogen functional groups attached to an aromatic ring is 1. The Kier molecular flexibility index (Phi) is 6.32. The van der Waals surface area contributed by atoms with Gasteiger partial charge in [-0.25, -0.2) is 4.79 Å². The zero-order valence-corrected chi connectivity index (χ0v) is 14.7. The third-order valence-electron chi connectivity index (χ3n) is 4.51. The summed E-state index contributed by atoms with van der Waals surface area (Å²) in [6.45, 7) is 2.24. The number of carboxylic acid groups (broad SMARTS) is 1. The summed E-state index contributed by atoms with van der Waals surface area (Å²) in [5.41, 5.74) is 6.71. The summed E-state index contributed by atoms with van der Waals surface area (Å²) in [5, 5.41) is 18.9. The lowest BCUT2D eigenvalue weighted by molar-refractivity contribution is -0.142. The molecule has 0 aliphatic carbocycles. The van der Waals surface area contributed by atoms with E-state index in [0.717, 1.165) is 6.42 Å². The van der Waals surface area contributed by atoms with Crippen molar-refractivity contribution in [2.75, 3.05) is 11.4 Å². The maximum absolute atomic E-state index is 12.7. The van der Waals surface area contributed by atoms with Crippen LogP contribution in [0.4, 0.5) is 5.69 Å². The molecule has 1 aromatic rings. The number of rotatable bonds is 7. The van der Waals surface area contributed by atoms with Crippen molar-refractivity contribution in [1.29, 1.82) is 5.41 Å². The van der Waals surface area contributed by atoms with Crippen molar-refractivity contribution in [3.05, 3.63) is 29.8 Å². The van der Waals surface area contributed by atoms with Crippen LogP contribution >= 0.6 is 0 Å². The molecule has 5 N–H and O–H groups in total. The Bertz CT molecular complexity index is 702. The molecular weight excluding hydrogens is 336 g/mol.